The largest absolute Gasteiger partial charge is 0.327 e. The maximum absolute atomic E-state index is 6.02. The first-order valence-corrected chi connectivity index (χ1v) is 5.35. The Morgan fingerprint density at radius 1 is 1.57 bits per heavy atom. The summed E-state index contributed by atoms with van der Waals surface area (Å²) in [5.74, 6) is 0.508. The summed E-state index contributed by atoms with van der Waals surface area (Å²) in [6.45, 7) is 7.61. The zero-order valence-corrected chi connectivity index (χ0v) is 9.20. The first-order valence-electron chi connectivity index (χ1n) is 5.35. The number of nitrogens with zero attached hydrogens (tertiary/aromatic N) is 2. The van der Waals surface area contributed by atoms with E-state index in [9.17, 15) is 0 Å². The minimum absolute atomic E-state index is 0.264. The first kappa shape index (κ1) is 9.71. The number of aromatic nitrogens is 2. The van der Waals surface area contributed by atoms with Crippen molar-refractivity contribution in [3.8, 4) is 0 Å². The molecule has 3 heteroatoms. The molecule has 1 aromatic heterocycles. The number of rotatable bonds is 3. The van der Waals surface area contributed by atoms with E-state index in [1.165, 1.54) is 5.56 Å². The monoisotopic (exact) mass is 193 g/mol. The molecule has 1 saturated carbocycles. The average molecular weight is 193 g/mol. The Bertz CT molecular complexity index is 327. The minimum Gasteiger partial charge on any atom is -0.327 e. The van der Waals surface area contributed by atoms with Crippen molar-refractivity contribution in [2.75, 3.05) is 0 Å². The quantitative estimate of drug-likeness (QED) is 0.794. The van der Waals surface area contributed by atoms with Crippen LogP contribution in [-0.4, -0.2) is 15.8 Å². The fraction of sp³-hybridized carbons (Fsp3) is 0.727. The molecule has 0 bridgehead atoms. The predicted octanol–water partition coefficient (Wildman–Crippen LogP) is 1.74. The summed E-state index contributed by atoms with van der Waals surface area (Å²) in [6.07, 6.45) is 5.24. The van der Waals surface area contributed by atoms with Crippen LogP contribution >= 0.6 is 0 Å². The molecule has 1 aromatic rings. The molecule has 0 aliphatic heterocycles. The summed E-state index contributed by atoms with van der Waals surface area (Å²) in [7, 11) is 0. The maximum atomic E-state index is 6.02. The van der Waals surface area contributed by atoms with Gasteiger partial charge in [0.15, 0.2) is 0 Å². The van der Waals surface area contributed by atoms with Crippen molar-refractivity contribution in [1.29, 1.82) is 0 Å². The van der Waals surface area contributed by atoms with Gasteiger partial charge in [-0.3, -0.25) is 4.68 Å². The van der Waals surface area contributed by atoms with E-state index in [-0.39, 0.29) is 5.41 Å². The zero-order valence-electron chi connectivity index (χ0n) is 9.20. The molecular formula is C11H19N3. The molecule has 0 spiro atoms. The van der Waals surface area contributed by atoms with E-state index in [1.54, 1.807) is 0 Å². The smallest absolute Gasteiger partial charge is 0.0525 e. The van der Waals surface area contributed by atoms with Gasteiger partial charge >= 0.3 is 0 Å². The third-order valence-electron chi connectivity index (χ3n) is 3.38. The fourth-order valence-corrected chi connectivity index (χ4v) is 2.21. The van der Waals surface area contributed by atoms with Crippen LogP contribution in [-0.2, 0) is 6.54 Å². The van der Waals surface area contributed by atoms with Gasteiger partial charge in [0.25, 0.3) is 0 Å². The van der Waals surface area contributed by atoms with Crippen LogP contribution in [0.15, 0.2) is 12.4 Å². The molecule has 3 nitrogen and oxygen atoms in total. The van der Waals surface area contributed by atoms with Crippen molar-refractivity contribution in [2.24, 2.45) is 11.1 Å². The lowest BCUT2D eigenvalue weighted by Crippen LogP contribution is -2.06. The van der Waals surface area contributed by atoms with Crippen molar-refractivity contribution in [2.45, 2.75) is 45.7 Å². The average Bonchev–Trinajstić information content (AvgIpc) is 2.52. The van der Waals surface area contributed by atoms with Crippen LogP contribution in [0.2, 0.25) is 0 Å². The number of nitrogens with two attached hydrogens (primary N) is 1. The van der Waals surface area contributed by atoms with E-state index < -0.39 is 0 Å². The molecule has 0 radical (unpaired) electrons. The summed E-state index contributed by atoms with van der Waals surface area (Å²) in [5, 5.41) is 4.33. The van der Waals surface area contributed by atoms with Gasteiger partial charge in [-0.1, -0.05) is 20.8 Å². The summed E-state index contributed by atoms with van der Waals surface area (Å²) in [4.78, 5) is 0. The Morgan fingerprint density at radius 3 is 2.71 bits per heavy atom. The predicted molar refractivity (Wildman–Crippen MR) is 57.0 cm³/mol. The molecule has 78 valence electrons. The second kappa shape index (κ2) is 3.09. The van der Waals surface area contributed by atoms with Crippen molar-refractivity contribution in [3.05, 3.63) is 18.0 Å². The van der Waals surface area contributed by atoms with Crippen LogP contribution in [0.25, 0.3) is 0 Å². The lowest BCUT2D eigenvalue weighted by atomic mass is 10.1. The maximum Gasteiger partial charge on any atom is 0.0525 e. The molecule has 14 heavy (non-hydrogen) atoms. The van der Waals surface area contributed by atoms with Crippen LogP contribution < -0.4 is 5.73 Å². The van der Waals surface area contributed by atoms with Gasteiger partial charge in [0.1, 0.15) is 0 Å². The molecule has 0 saturated heterocycles. The third kappa shape index (κ3) is 1.36. The summed E-state index contributed by atoms with van der Waals surface area (Å²) in [6, 6.07) is 0.307. The molecule has 0 aromatic carbocycles. The summed E-state index contributed by atoms with van der Waals surface area (Å²) in [5.41, 5.74) is 7.59. The third-order valence-corrected chi connectivity index (χ3v) is 3.38. The van der Waals surface area contributed by atoms with E-state index in [1.807, 2.05) is 10.9 Å². The standard InChI is InChI=1S/C11H19N3/c1-4-5-14-7-8(6-13-14)9-10(12)11(9,2)3/h6-7,9-10H,4-5,12H2,1-3H3. The molecule has 1 aliphatic carbocycles. The zero-order chi connectivity index (χ0) is 10.3. The van der Waals surface area contributed by atoms with E-state index >= 15 is 0 Å². The Labute approximate surface area is 85.3 Å². The SMILES string of the molecule is CCCn1cc(C2C(N)C2(C)C)cn1. The van der Waals surface area contributed by atoms with E-state index in [0.29, 0.717) is 12.0 Å². The normalized spacial score (nSPS) is 29.1. The van der Waals surface area contributed by atoms with Gasteiger partial charge in [-0.15, -0.1) is 0 Å². The van der Waals surface area contributed by atoms with Crippen LogP contribution in [0.1, 0.15) is 38.7 Å². The summed E-state index contributed by atoms with van der Waals surface area (Å²) < 4.78 is 2.01. The Balaban J connectivity index is 2.12. The molecule has 1 aliphatic rings. The van der Waals surface area contributed by atoms with Crippen LogP contribution in [0.5, 0.6) is 0 Å². The van der Waals surface area contributed by atoms with Gasteiger partial charge in [0, 0.05) is 24.7 Å². The van der Waals surface area contributed by atoms with Gasteiger partial charge in [-0.2, -0.15) is 5.10 Å². The topological polar surface area (TPSA) is 43.8 Å². The molecule has 2 atom stereocenters. The number of hydrogen-bond acceptors (Lipinski definition) is 2. The van der Waals surface area contributed by atoms with Gasteiger partial charge in [0.2, 0.25) is 0 Å². The molecule has 0 amide bonds. The summed E-state index contributed by atoms with van der Waals surface area (Å²) >= 11 is 0. The van der Waals surface area contributed by atoms with Crippen molar-refractivity contribution in [3.63, 3.8) is 0 Å². The van der Waals surface area contributed by atoms with E-state index in [0.717, 1.165) is 13.0 Å². The van der Waals surface area contributed by atoms with Crippen molar-refractivity contribution >= 4 is 0 Å². The lowest BCUT2D eigenvalue weighted by Gasteiger charge is -1.98. The van der Waals surface area contributed by atoms with Gasteiger partial charge in [0.05, 0.1) is 6.20 Å². The van der Waals surface area contributed by atoms with Crippen LogP contribution in [0, 0.1) is 5.41 Å². The number of aryl methyl sites for hydroxylation is 1. The van der Waals surface area contributed by atoms with E-state index in [2.05, 4.69) is 32.1 Å². The van der Waals surface area contributed by atoms with Crippen LogP contribution in [0.4, 0.5) is 0 Å². The highest BCUT2D eigenvalue weighted by Crippen LogP contribution is 2.57. The van der Waals surface area contributed by atoms with Crippen LogP contribution in [0.3, 0.4) is 0 Å². The highest BCUT2D eigenvalue weighted by Gasteiger charge is 2.56. The highest BCUT2D eigenvalue weighted by molar-refractivity contribution is 5.30. The minimum atomic E-state index is 0.264. The second-order valence-electron chi connectivity index (χ2n) is 4.86. The Morgan fingerprint density at radius 2 is 2.21 bits per heavy atom. The van der Waals surface area contributed by atoms with E-state index in [4.69, 9.17) is 5.73 Å². The Hall–Kier alpha value is -0.830. The fourth-order valence-electron chi connectivity index (χ4n) is 2.21. The highest BCUT2D eigenvalue weighted by atomic mass is 15.3. The number of hydrogen-bond donors (Lipinski definition) is 1. The van der Waals surface area contributed by atoms with Gasteiger partial charge in [-0.25, -0.2) is 0 Å². The molecule has 2 unspecified atom stereocenters. The molecule has 2 rings (SSSR count). The molecule has 2 N–H and O–H groups in total. The first-order chi connectivity index (χ1) is 6.57. The molecule has 1 fully saturated rings. The lowest BCUT2D eigenvalue weighted by molar-refractivity contribution is 0.594. The Kier molecular flexibility index (Phi) is 2.14. The van der Waals surface area contributed by atoms with Crippen molar-refractivity contribution < 1.29 is 0 Å². The molecule has 1 heterocycles. The van der Waals surface area contributed by atoms with Crippen molar-refractivity contribution in [1.82, 2.24) is 9.78 Å². The van der Waals surface area contributed by atoms with Gasteiger partial charge in [-0.05, 0) is 17.4 Å². The molecular weight excluding hydrogens is 174 g/mol. The second-order valence-corrected chi connectivity index (χ2v) is 4.86. The van der Waals surface area contributed by atoms with Gasteiger partial charge < -0.3 is 5.73 Å².